The van der Waals surface area contributed by atoms with E-state index < -0.39 is 0 Å². The van der Waals surface area contributed by atoms with Crippen LogP contribution in [0, 0.1) is 0 Å². The first kappa shape index (κ1) is 14.3. The molecule has 0 saturated heterocycles. The molecule has 0 fully saturated rings. The number of nitrogens with zero attached hydrogens (tertiary/aromatic N) is 3. The molecule has 3 aromatic heterocycles. The van der Waals surface area contributed by atoms with E-state index in [2.05, 4.69) is 10.1 Å². The maximum atomic E-state index is 12.0. The lowest BCUT2D eigenvalue weighted by molar-refractivity contribution is -0.145. The molecule has 0 amide bonds. The van der Waals surface area contributed by atoms with Crippen LogP contribution in [0.4, 0.5) is 0 Å². The van der Waals surface area contributed by atoms with Crippen molar-refractivity contribution >= 4 is 17.0 Å². The van der Waals surface area contributed by atoms with Gasteiger partial charge in [-0.2, -0.15) is 0 Å². The Hall–Kier alpha value is -3.35. The van der Waals surface area contributed by atoms with E-state index >= 15 is 0 Å². The van der Waals surface area contributed by atoms with Crippen molar-refractivity contribution in [2.24, 2.45) is 0 Å². The van der Waals surface area contributed by atoms with E-state index in [0.29, 0.717) is 17.2 Å². The number of para-hydroxylation sites is 2. The van der Waals surface area contributed by atoms with Gasteiger partial charge in [-0.05, 0) is 24.3 Å². The van der Waals surface area contributed by atoms with Crippen molar-refractivity contribution in [1.82, 2.24) is 14.7 Å². The zero-order valence-corrected chi connectivity index (χ0v) is 12.6. The fraction of sp³-hybridized carbons (Fsp3) is 0.118. The summed E-state index contributed by atoms with van der Waals surface area (Å²) in [4.78, 5) is 16.3. The molecule has 7 heteroatoms. The number of benzene rings is 1. The molecule has 4 aromatic rings. The maximum Gasteiger partial charge on any atom is 0.326 e. The summed E-state index contributed by atoms with van der Waals surface area (Å²) in [6, 6.07) is 12.8. The SMILES string of the molecule is O=C(Cn1cnc2ccccc21)OCc1cc(-c2ccco2)on1. The Morgan fingerprint density at radius 1 is 1.17 bits per heavy atom. The van der Waals surface area contributed by atoms with Crippen molar-refractivity contribution < 1.29 is 18.5 Å². The summed E-state index contributed by atoms with van der Waals surface area (Å²) in [5.74, 6) is 0.692. The molecule has 0 aliphatic heterocycles. The molecule has 0 spiro atoms. The molecule has 0 atom stereocenters. The molecule has 0 N–H and O–H groups in total. The van der Waals surface area contributed by atoms with Gasteiger partial charge in [-0.15, -0.1) is 0 Å². The highest BCUT2D eigenvalue weighted by Crippen LogP contribution is 2.20. The molecule has 0 saturated carbocycles. The maximum absolute atomic E-state index is 12.0. The minimum Gasteiger partial charge on any atom is -0.461 e. The molecule has 0 aliphatic carbocycles. The van der Waals surface area contributed by atoms with Crippen LogP contribution < -0.4 is 0 Å². The molecule has 7 nitrogen and oxygen atoms in total. The third-order valence-electron chi connectivity index (χ3n) is 3.53. The van der Waals surface area contributed by atoms with Gasteiger partial charge < -0.3 is 18.2 Å². The molecule has 3 heterocycles. The topological polar surface area (TPSA) is 83.3 Å². The standard InChI is InChI=1S/C17H13N3O4/c21-17(9-20-11-18-13-4-1-2-5-14(13)20)23-10-12-8-16(24-19-12)15-6-3-7-22-15/h1-8,11H,9-10H2. The molecule has 0 aliphatic rings. The van der Waals surface area contributed by atoms with Crippen LogP contribution in [-0.2, 0) is 22.7 Å². The van der Waals surface area contributed by atoms with Gasteiger partial charge in [-0.1, -0.05) is 17.3 Å². The fourth-order valence-corrected chi connectivity index (χ4v) is 2.39. The second-order valence-corrected chi connectivity index (χ2v) is 5.18. The minimum absolute atomic E-state index is 0.0374. The number of furan rings is 1. The van der Waals surface area contributed by atoms with Crippen LogP contribution in [0.15, 0.2) is 64.0 Å². The quantitative estimate of drug-likeness (QED) is 0.525. The Balaban J connectivity index is 1.38. The molecule has 120 valence electrons. The number of rotatable bonds is 5. The lowest BCUT2D eigenvalue weighted by Gasteiger charge is -2.04. The first-order chi connectivity index (χ1) is 11.8. The Morgan fingerprint density at radius 2 is 2.08 bits per heavy atom. The summed E-state index contributed by atoms with van der Waals surface area (Å²) in [5, 5.41) is 3.86. The van der Waals surface area contributed by atoms with Gasteiger partial charge in [0.25, 0.3) is 0 Å². The van der Waals surface area contributed by atoms with Gasteiger partial charge in [0.05, 0.1) is 23.6 Å². The van der Waals surface area contributed by atoms with Crippen molar-refractivity contribution in [3.63, 3.8) is 0 Å². The molecule has 24 heavy (non-hydrogen) atoms. The molecule has 0 radical (unpaired) electrons. The van der Waals surface area contributed by atoms with Crippen molar-refractivity contribution in [3.05, 3.63) is 60.7 Å². The third kappa shape index (κ3) is 2.79. The Morgan fingerprint density at radius 3 is 2.96 bits per heavy atom. The van der Waals surface area contributed by atoms with E-state index in [0.717, 1.165) is 11.0 Å². The Labute approximate surface area is 136 Å². The number of carbonyl (C=O) groups is 1. The highest BCUT2D eigenvalue weighted by Gasteiger charge is 2.12. The number of esters is 1. The largest absolute Gasteiger partial charge is 0.461 e. The molecular formula is C17H13N3O4. The molecular weight excluding hydrogens is 310 g/mol. The van der Waals surface area contributed by atoms with Gasteiger partial charge in [0.1, 0.15) is 18.8 Å². The number of imidazole rings is 1. The number of ether oxygens (including phenoxy) is 1. The first-order valence-corrected chi connectivity index (χ1v) is 7.34. The average molecular weight is 323 g/mol. The zero-order chi connectivity index (χ0) is 16.4. The zero-order valence-electron chi connectivity index (χ0n) is 12.6. The average Bonchev–Trinajstić information content (AvgIpc) is 3.34. The van der Waals surface area contributed by atoms with Crippen LogP contribution >= 0.6 is 0 Å². The molecule has 0 unspecified atom stereocenters. The Bertz CT molecular complexity index is 969. The highest BCUT2D eigenvalue weighted by atomic mass is 16.5. The van der Waals surface area contributed by atoms with Crippen LogP contribution in [-0.4, -0.2) is 20.7 Å². The summed E-state index contributed by atoms with van der Waals surface area (Å²) < 4.78 is 17.4. The van der Waals surface area contributed by atoms with Crippen molar-refractivity contribution in [3.8, 4) is 11.5 Å². The van der Waals surface area contributed by atoms with Gasteiger partial charge in [0.15, 0.2) is 5.76 Å². The Kier molecular flexibility index (Phi) is 3.59. The number of hydrogen-bond acceptors (Lipinski definition) is 6. The first-order valence-electron chi connectivity index (χ1n) is 7.34. The number of fused-ring (bicyclic) bond motifs is 1. The number of aromatic nitrogens is 3. The van der Waals surface area contributed by atoms with Crippen LogP contribution in [0.2, 0.25) is 0 Å². The van der Waals surface area contributed by atoms with E-state index in [1.54, 1.807) is 35.4 Å². The smallest absolute Gasteiger partial charge is 0.326 e. The summed E-state index contributed by atoms with van der Waals surface area (Å²) >= 11 is 0. The second kappa shape index (κ2) is 6.04. The van der Waals surface area contributed by atoms with Crippen LogP contribution in [0.5, 0.6) is 0 Å². The van der Waals surface area contributed by atoms with E-state index in [4.69, 9.17) is 13.7 Å². The highest BCUT2D eigenvalue weighted by molar-refractivity contribution is 5.78. The normalized spacial score (nSPS) is 11.0. The van der Waals surface area contributed by atoms with Crippen LogP contribution in [0.25, 0.3) is 22.6 Å². The lowest BCUT2D eigenvalue weighted by atomic mass is 10.3. The van der Waals surface area contributed by atoms with Gasteiger partial charge in [0.2, 0.25) is 5.76 Å². The van der Waals surface area contributed by atoms with Crippen molar-refractivity contribution in [2.75, 3.05) is 0 Å². The summed E-state index contributed by atoms with van der Waals surface area (Å²) in [7, 11) is 0. The number of hydrogen-bond donors (Lipinski definition) is 0. The fourth-order valence-electron chi connectivity index (χ4n) is 2.39. The summed E-state index contributed by atoms with van der Waals surface area (Å²) in [6.07, 6.45) is 3.17. The van der Waals surface area contributed by atoms with Crippen molar-refractivity contribution in [1.29, 1.82) is 0 Å². The van der Waals surface area contributed by atoms with Gasteiger partial charge >= 0.3 is 5.97 Å². The van der Waals surface area contributed by atoms with Gasteiger partial charge in [-0.3, -0.25) is 4.79 Å². The summed E-state index contributed by atoms with van der Waals surface area (Å²) in [5.41, 5.74) is 2.24. The minimum atomic E-state index is -0.374. The number of carbonyl (C=O) groups excluding carboxylic acids is 1. The second-order valence-electron chi connectivity index (χ2n) is 5.18. The predicted octanol–water partition coefficient (Wildman–Crippen LogP) is 3.03. The van der Waals surface area contributed by atoms with Crippen LogP contribution in [0.3, 0.4) is 0 Å². The van der Waals surface area contributed by atoms with E-state index in [1.165, 1.54) is 0 Å². The monoisotopic (exact) mass is 323 g/mol. The van der Waals surface area contributed by atoms with Crippen molar-refractivity contribution in [2.45, 2.75) is 13.2 Å². The van der Waals surface area contributed by atoms with Crippen LogP contribution in [0.1, 0.15) is 5.69 Å². The third-order valence-corrected chi connectivity index (χ3v) is 3.53. The van der Waals surface area contributed by atoms with E-state index in [9.17, 15) is 4.79 Å². The lowest BCUT2D eigenvalue weighted by Crippen LogP contribution is -2.12. The molecule has 4 rings (SSSR count). The molecule has 1 aromatic carbocycles. The predicted molar refractivity (Wildman–Crippen MR) is 83.7 cm³/mol. The van der Waals surface area contributed by atoms with Gasteiger partial charge in [-0.25, -0.2) is 4.98 Å². The van der Waals surface area contributed by atoms with E-state index in [1.807, 2.05) is 24.3 Å². The summed E-state index contributed by atoms with van der Waals surface area (Å²) in [6.45, 7) is 0.124. The van der Waals surface area contributed by atoms with E-state index in [-0.39, 0.29) is 19.1 Å². The molecule has 0 bridgehead atoms. The van der Waals surface area contributed by atoms with Gasteiger partial charge in [0, 0.05) is 6.07 Å².